The van der Waals surface area contributed by atoms with Crippen LogP contribution >= 0.6 is 0 Å². The molecule has 0 bridgehead atoms. The molecule has 0 aliphatic carbocycles. The van der Waals surface area contributed by atoms with E-state index in [0.29, 0.717) is 11.3 Å². The molecule has 1 aliphatic rings. The fourth-order valence-corrected chi connectivity index (χ4v) is 4.25. The van der Waals surface area contributed by atoms with Gasteiger partial charge in [-0.1, -0.05) is 43.3 Å². The number of hydrogen-bond donors (Lipinski definition) is 0. The number of anilines is 1. The molecule has 3 aromatic rings. The highest BCUT2D eigenvalue weighted by molar-refractivity contribution is 5.77. The Kier molecular flexibility index (Phi) is 6.82. The monoisotopic (exact) mass is 419 g/mol. The van der Waals surface area contributed by atoms with E-state index in [1.165, 1.54) is 0 Å². The van der Waals surface area contributed by atoms with Crippen LogP contribution in [0.5, 0.6) is 5.75 Å². The Morgan fingerprint density at radius 2 is 1.74 bits per heavy atom. The second-order valence-corrected chi connectivity index (χ2v) is 7.90. The first-order chi connectivity index (χ1) is 15.2. The molecule has 2 aromatic carbocycles. The van der Waals surface area contributed by atoms with Crippen LogP contribution in [-0.2, 0) is 6.42 Å². The normalized spacial score (nSPS) is 15.6. The number of nitrogens with zero attached hydrogens (tertiary/aromatic N) is 3. The van der Waals surface area contributed by atoms with Gasteiger partial charge in [-0.05, 0) is 36.4 Å². The van der Waals surface area contributed by atoms with Crippen LogP contribution in [0.4, 0.5) is 10.1 Å². The third-order valence-electron chi connectivity index (χ3n) is 6.03. The molecule has 0 radical (unpaired) electrons. The quantitative estimate of drug-likeness (QED) is 0.529. The first-order valence-corrected chi connectivity index (χ1v) is 11.0. The average Bonchev–Trinajstić information content (AvgIpc) is 2.84. The van der Waals surface area contributed by atoms with Crippen molar-refractivity contribution >= 4 is 5.69 Å². The third-order valence-corrected chi connectivity index (χ3v) is 6.03. The Balaban J connectivity index is 1.75. The summed E-state index contributed by atoms with van der Waals surface area (Å²) < 4.78 is 21.5. The van der Waals surface area contributed by atoms with Gasteiger partial charge >= 0.3 is 0 Å². The third kappa shape index (κ3) is 4.88. The van der Waals surface area contributed by atoms with E-state index in [-0.39, 0.29) is 6.42 Å². The van der Waals surface area contributed by atoms with E-state index in [9.17, 15) is 0 Å². The number of pyridine rings is 1. The number of aromatic nitrogens is 1. The average molecular weight is 420 g/mol. The second-order valence-electron chi connectivity index (χ2n) is 7.90. The largest absolute Gasteiger partial charge is 0.496 e. The lowest BCUT2D eigenvalue weighted by molar-refractivity contribution is 0.271. The summed E-state index contributed by atoms with van der Waals surface area (Å²) in [5.74, 6) is 0.602. The van der Waals surface area contributed by atoms with Crippen LogP contribution in [0.15, 0.2) is 66.9 Å². The maximum absolute atomic E-state index is 15.7. The zero-order valence-electron chi connectivity index (χ0n) is 18.3. The van der Waals surface area contributed by atoms with Gasteiger partial charge in [-0.15, -0.1) is 0 Å². The summed E-state index contributed by atoms with van der Waals surface area (Å²) in [5, 5.41) is 0. The molecule has 2 heterocycles. The molecule has 5 heteroatoms. The maximum Gasteiger partial charge on any atom is 0.134 e. The minimum atomic E-state index is -1.20. The molecule has 1 aromatic heterocycles. The molecule has 0 amide bonds. The molecule has 4 nitrogen and oxygen atoms in total. The number of rotatable bonds is 7. The van der Waals surface area contributed by atoms with Crippen molar-refractivity contribution in [3.8, 4) is 16.9 Å². The van der Waals surface area contributed by atoms with Gasteiger partial charge in [0.25, 0.3) is 0 Å². The van der Waals surface area contributed by atoms with Crippen LogP contribution in [0.1, 0.15) is 24.4 Å². The van der Waals surface area contributed by atoms with Gasteiger partial charge in [0.05, 0.1) is 7.11 Å². The van der Waals surface area contributed by atoms with Gasteiger partial charge in [0.2, 0.25) is 0 Å². The molecule has 1 atom stereocenters. The van der Waals surface area contributed by atoms with Crippen LogP contribution in [0.25, 0.3) is 11.1 Å². The molecule has 162 valence electrons. The van der Waals surface area contributed by atoms with Crippen LogP contribution in [-0.4, -0.2) is 49.7 Å². The van der Waals surface area contributed by atoms with E-state index in [1.54, 1.807) is 13.3 Å². The lowest BCUT2D eigenvalue weighted by Crippen LogP contribution is -2.46. The van der Waals surface area contributed by atoms with Gasteiger partial charge in [0.1, 0.15) is 11.9 Å². The fourth-order valence-electron chi connectivity index (χ4n) is 4.25. The van der Waals surface area contributed by atoms with Gasteiger partial charge in [-0.25, -0.2) is 4.39 Å². The number of piperazine rings is 1. The first kappa shape index (κ1) is 21.3. The van der Waals surface area contributed by atoms with Gasteiger partial charge in [-0.3, -0.25) is 4.98 Å². The molecule has 31 heavy (non-hydrogen) atoms. The number of benzene rings is 2. The highest BCUT2D eigenvalue weighted by atomic mass is 19.1. The van der Waals surface area contributed by atoms with Crippen molar-refractivity contribution in [3.63, 3.8) is 0 Å². The number of likely N-dealkylation sites (N-methyl/N-ethyl adjacent to an activating group) is 1. The van der Waals surface area contributed by atoms with E-state index >= 15 is 4.39 Å². The summed E-state index contributed by atoms with van der Waals surface area (Å²) in [7, 11) is 1.62. The summed E-state index contributed by atoms with van der Waals surface area (Å²) in [4.78, 5) is 9.11. The van der Waals surface area contributed by atoms with Crippen LogP contribution in [0.2, 0.25) is 0 Å². The fraction of sp³-hybridized carbons (Fsp3) is 0.346. The zero-order chi connectivity index (χ0) is 21.6. The van der Waals surface area contributed by atoms with Crippen LogP contribution in [0.3, 0.4) is 0 Å². The molecule has 0 N–H and O–H groups in total. The minimum Gasteiger partial charge on any atom is -0.496 e. The molecule has 0 saturated carbocycles. The lowest BCUT2D eigenvalue weighted by Gasteiger charge is -2.36. The molecule has 1 aliphatic heterocycles. The number of hydrogen-bond acceptors (Lipinski definition) is 4. The van der Waals surface area contributed by atoms with E-state index in [0.717, 1.165) is 55.2 Å². The number of alkyl halides is 1. The maximum atomic E-state index is 15.7. The standard InChI is InChI=1S/C26H30FN3O/c1-3-29-13-15-30(16-14-29)22-18-23(20-9-5-4-6-10-20)26(31-2)24(19-22)25(27)17-21-11-7-8-12-28-21/h4-12,18-19,25H,3,13-17H2,1-2H3. The summed E-state index contributed by atoms with van der Waals surface area (Å²) >= 11 is 0. The van der Waals surface area contributed by atoms with Crippen LogP contribution < -0.4 is 9.64 Å². The minimum absolute atomic E-state index is 0.221. The Morgan fingerprint density at radius 3 is 2.39 bits per heavy atom. The van der Waals surface area contributed by atoms with E-state index in [1.807, 2.05) is 54.6 Å². The predicted molar refractivity (Wildman–Crippen MR) is 125 cm³/mol. The Morgan fingerprint density at radius 1 is 1.00 bits per heavy atom. The Bertz CT molecular complexity index is 973. The molecule has 1 unspecified atom stereocenters. The van der Waals surface area contributed by atoms with E-state index in [2.05, 4.69) is 27.8 Å². The van der Waals surface area contributed by atoms with Crippen molar-refractivity contribution < 1.29 is 9.13 Å². The smallest absolute Gasteiger partial charge is 0.134 e. The van der Waals surface area contributed by atoms with Crippen molar-refractivity contribution in [1.29, 1.82) is 0 Å². The first-order valence-electron chi connectivity index (χ1n) is 11.0. The van der Waals surface area contributed by atoms with Gasteiger partial charge < -0.3 is 14.5 Å². The summed E-state index contributed by atoms with van der Waals surface area (Å²) in [5.41, 5.74) is 4.33. The highest BCUT2D eigenvalue weighted by Gasteiger charge is 2.24. The van der Waals surface area contributed by atoms with Gasteiger partial charge in [-0.2, -0.15) is 0 Å². The number of halogens is 1. The molecule has 1 saturated heterocycles. The van der Waals surface area contributed by atoms with Crippen molar-refractivity contribution in [2.45, 2.75) is 19.5 Å². The topological polar surface area (TPSA) is 28.6 Å². The Labute approximate surface area is 184 Å². The summed E-state index contributed by atoms with van der Waals surface area (Å²) in [6.45, 7) is 7.17. The molecular weight excluding hydrogens is 389 g/mol. The second kappa shape index (κ2) is 9.92. The van der Waals surface area contributed by atoms with Gasteiger partial charge in [0.15, 0.2) is 0 Å². The highest BCUT2D eigenvalue weighted by Crippen LogP contribution is 2.42. The lowest BCUT2D eigenvalue weighted by atomic mass is 9.95. The predicted octanol–water partition coefficient (Wildman–Crippen LogP) is 5.15. The molecule has 0 spiro atoms. The molecule has 4 rings (SSSR count). The Hall–Kier alpha value is -2.92. The molecule has 1 fully saturated rings. The molecular formula is C26H30FN3O. The van der Waals surface area contributed by atoms with E-state index < -0.39 is 6.17 Å². The SMILES string of the molecule is CCN1CCN(c2cc(-c3ccccc3)c(OC)c(C(F)Cc3ccccn3)c2)CC1. The van der Waals surface area contributed by atoms with E-state index in [4.69, 9.17) is 4.74 Å². The van der Waals surface area contributed by atoms with Crippen molar-refractivity contribution in [2.24, 2.45) is 0 Å². The zero-order valence-corrected chi connectivity index (χ0v) is 18.3. The number of ether oxygens (including phenoxy) is 1. The van der Waals surface area contributed by atoms with Crippen LogP contribution in [0, 0.1) is 0 Å². The van der Waals surface area contributed by atoms with Gasteiger partial charge in [0, 0.05) is 61.3 Å². The summed E-state index contributed by atoms with van der Waals surface area (Å²) in [6, 6.07) is 19.8. The van der Waals surface area contributed by atoms with Crippen molar-refractivity contribution in [2.75, 3.05) is 44.7 Å². The van der Waals surface area contributed by atoms with Crippen molar-refractivity contribution in [3.05, 3.63) is 78.1 Å². The van der Waals surface area contributed by atoms with Crippen molar-refractivity contribution in [1.82, 2.24) is 9.88 Å². The summed E-state index contributed by atoms with van der Waals surface area (Å²) in [6.07, 6.45) is 0.723. The number of methoxy groups -OCH3 is 1.